The van der Waals surface area contributed by atoms with Crippen molar-refractivity contribution in [1.82, 2.24) is 5.32 Å². The van der Waals surface area contributed by atoms with E-state index in [1.807, 2.05) is 24.3 Å². The maximum atomic E-state index is 6.14. The van der Waals surface area contributed by atoms with Crippen LogP contribution < -0.4 is 20.1 Å². The van der Waals surface area contributed by atoms with Gasteiger partial charge in [0, 0.05) is 17.7 Å². The summed E-state index contributed by atoms with van der Waals surface area (Å²) in [5.41, 5.74) is 3.01. The first-order chi connectivity index (χ1) is 11.9. The average Bonchev–Trinajstić information content (AvgIpc) is 2.54. The van der Waals surface area contributed by atoms with Crippen molar-refractivity contribution in [3.8, 4) is 11.5 Å². The summed E-state index contributed by atoms with van der Waals surface area (Å²) < 4.78 is 11.3. The molecule has 2 N–H and O–H groups in total. The third-order valence-electron chi connectivity index (χ3n) is 4.28. The van der Waals surface area contributed by atoms with Crippen LogP contribution in [0.4, 0.5) is 5.69 Å². The minimum atomic E-state index is -0.242. The predicted octanol–water partition coefficient (Wildman–Crippen LogP) is 4.59. The van der Waals surface area contributed by atoms with Crippen molar-refractivity contribution in [2.45, 2.75) is 38.8 Å². The number of benzene rings is 2. The molecule has 0 saturated carbocycles. The van der Waals surface area contributed by atoms with Crippen molar-refractivity contribution in [2.75, 3.05) is 12.4 Å². The van der Waals surface area contributed by atoms with Gasteiger partial charge in [0.15, 0.2) is 5.11 Å². The van der Waals surface area contributed by atoms with Crippen LogP contribution in [0.15, 0.2) is 42.5 Å². The first-order valence-electron chi connectivity index (χ1n) is 8.37. The minimum absolute atomic E-state index is 0.109. The Labute approximate surface area is 154 Å². The Kier molecular flexibility index (Phi) is 4.86. The fourth-order valence-corrected chi connectivity index (χ4v) is 3.35. The molecule has 0 aliphatic carbocycles. The Hall–Kier alpha value is -2.27. The highest BCUT2D eigenvalue weighted by atomic mass is 32.1. The van der Waals surface area contributed by atoms with E-state index in [0.29, 0.717) is 5.11 Å². The van der Waals surface area contributed by atoms with E-state index < -0.39 is 0 Å². The van der Waals surface area contributed by atoms with Gasteiger partial charge >= 0.3 is 0 Å². The summed E-state index contributed by atoms with van der Waals surface area (Å²) in [6.07, 6.45) is 0.841. The van der Waals surface area contributed by atoms with Crippen LogP contribution in [-0.4, -0.2) is 17.8 Å². The lowest BCUT2D eigenvalue weighted by molar-refractivity contribution is 0.0696. The van der Waals surface area contributed by atoms with Gasteiger partial charge in [0.25, 0.3) is 0 Å². The molecule has 132 valence electrons. The highest BCUT2D eigenvalue weighted by Gasteiger charge is 2.34. The van der Waals surface area contributed by atoms with Crippen molar-refractivity contribution in [3.05, 3.63) is 53.6 Å². The fourth-order valence-electron chi connectivity index (χ4n) is 3.09. The molecule has 2 aromatic carbocycles. The first-order valence-corrected chi connectivity index (χ1v) is 8.78. The van der Waals surface area contributed by atoms with Gasteiger partial charge in [-0.1, -0.05) is 12.1 Å². The summed E-state index contributed by atoms with van der Waals surface area (Å²) in [6.45, 7) is 6.28. The topological polar surface area (TPSA) is 42.5 Å². The Balaban J connectivity index is 1.74. The zero-order valence-corrected chi connectivity index (χ0v) is 15.9. The third-order valence-corrected chi connectivity index (χ3v) is 4.50. The molecule has 3 rings (SSSR count). The van der Waals surface area contributed by atoms with Gasteiger partial charge in [-0.25, -0.2) is 0 Å². The van der Waals surface area contributed by atoms with Crippen LogP contribution in [0, 0.1) is 6.92 Å². The molecule has 0 aromatic heterocycles. The quantitative estimate of drug-likeness (QED) is 0.787. The van der Waals surface area contributed by atoms with Gasteiger partial charge in [-0.05, 0) is 68.9 Å². The molecule has 0 fully saturated rings. The molecule has 2 aromatic rings. The molecule has 0 bridgehead atoms. The van der Waals surface area contributed by atoms with E-state index in [1.165, 1.54) is 5.56 Å². The summed E-state index contributed by atoms with van der Waals surface area (Å²) in [5, 5.41) is 7.27. The van der Waals surface area contributed by atoms with Gasteiger partial charge in [0.1, 0.15) is 17.1 Å². The van der Waals surface area contributed by atoms with Gasteiger partial charge in [-0.15, -0.1) is 0 Å². The molecule has 25 heavy (non-hydrogen) atoms. The Morgan fingerprint density at radius 2 is 1.92 bits per heavy atom. The molecular formula is C20H24N2O2S. The SMILES string of the molecule is COc1ccc(NC(=S)NC2CC(C)(C)Oc3cc(C)ccc32)cc1. The zero-order chi connectivity index (χ0) is 18.0. The van der Waals surface area contributed by atoms with E-state index in [-0.39, 0.29) is 11.6 Å². The standard InChI is InChI=1S/C20H24N2O2S/c1-13-5-10-16-17(12-20(2,3)24-18(16)11-13)22-19(25)21-14-6-8-15(23-4)9-7-14/h5-11,17H,12H2,1-4H3,(H2,21,22,25). The maximum Gasteiger partial charge on any atom is 0.171 e. The maximum absolute atomic E-state index is 6.14. The zero-order valence-electron chi connectivity index (χ0n) is 15.1. The van der Waals surface area contributed by atoms with Crippen molar-refractivity contribution in [3.63, 3.8) is 0 Å². The van der Waals surface area contributed by atoms with Crippen molar-refractivity contribution in [2.24, 2.45) is 0 Å². The second kappa shape index (κ2) is 6.92. The number of anilines is 1. The molecule has 1 aliphatic heterocycles. The Morgan fingerprint density at radius 1 is 1.20 bits per heavy atom. The summed E-state index contributed by atoms with van der Waals surface area (Å²) in [4.78, 5) is 0. The number of methoxy groups -OCH3 is 1. The highest BCUT2D eigenvalue weighted by molar-refractivity contribution is 7.80. The lowest BCUT2D eigenvalue weighted by atomic mass is 9.89. The second-order valence-corrected chi connectivity index (χ2v) is 7.39. The molecule has 0 spiro atoms. The molecule has 1 aliphatic rings. The number of rotatable bonds is 3. The molecule has 0 saturated heterocycles. The number of aryl methyl sites for hydroxylation is 1. The van der Waals surface area contributed by atoms with Crippen LogP contribution in [-0.2, 0) is 0 Å². The Morgan fingerprint density at radius 3 is 2.60 bits per heavy atom. The molecule has 0 radical (unpaired) electrons. The largest absolute Gasteiger partial charge is 0.497 e. The minimum Gasteiger partial charge on any atom is -0.497 e. The number of ether oxygens (including phenoxy) is 2. The van der Waals surface area contributed by atoms with Crippen LogP contribution >= 0.6 is 12.2 Å². The van der Waals surface area contributed by atoms with E-state index in [2.05, 4.69) is 49.6 Å². The van der Waals surface area contributed by atoms with Crippen LogP contribution in [0.3, 0.4) is 0 Å². The number of nitrogens with one attached hydrogen (secondary N) is 2. The lowest BCUT2D eigenvalue weighted by Gasteiger charge is -2.38. The number of hydrogen-bond donors (Lipinski definition) is 2. The number of thiocarbonyl (C=S) groups is 1. The van der Waals surface area contributed by atoms with Gasteiger partial charge in [0.05, 0.1) is 13.2 Å². The normalized spacial score (nSPS) is 17.8. The second-order valence-electron chi connectivity index (χ2n) is 6.99. The summed E-state index contributed by atoms with van der Waals surface area (Å²) in [5.74, 6) is 1.75. The molecule has 5 heteroatoms. The summed E-state index contributed by atoms with van der Waals surface area (Å²) in [6, 6.07) is 14.1. The summed E-state index contributed by atoms with van der Waals surface area (Å²) >= 11 is 5.51. The molecule has 1 heterocycles. The Bertz CT molecular complexity index is 772. The molecule has 0 amide bonds. The fraction of sp³-hybridized carbons (Fsp3) is 0.350. The van der Waals surface area contributed by atoms with Crippen molar-refractivity contribution < 1.29 is 9.47 Å². The molecular weight excluding hydrogens is 332 g/mol. The molecule has 1 unspecified atom stereocenters. The van der Waals surface area contributed by atoms with E-state index in [4.69, 9.17) is 21.7 Å². The van der Waals surface area contributed by atoms with Gasteiger partial charge in [0.2, 0.25) is 0 Å². The van der Waals surface area contributed by atoms with E-state index in [0.717, 1.165) is 29.2 Å². The molecule has 4 nitrogen and oxygen atoms in total. The van der Waals surface area contributed by atoms with Crippen LogP contribution in [0.1, 0.15) is 37.4 Å². The van der Waals surface area contributed by atoms with Crippen molar-refractivity contribution >= 4 is 23.0 Å². The van der Waals surface area contributed by atoms with E-state index >= 15 is 0 Å². The van der Waals surface area contributed by atoms with Crippen LogP contribution in [0.25, 0.3) is 0 Å². The monoisotopic (exact) mass is 356 g/mol. The lowest BCUT2D eigenvalue weighted by Crippen LogP contribution is -2.42. The number of hydrogen-bond acceptors (Lipinski definition) is 3. The average molecular weight is 356 g/mol. The van der Waals surface area contributed by atoms with E-state index in [1.54, 1.807) is 7.11 Å². The van der Waals surface area contributed by atoms with E-state index in [9.17, 15) is 0 Å². The van der Waals surface area contributed by atoms with Crippen molar-refractivity contribution in [1.29, 1.82) is 0 Å². The van der Waals surface area contributed by atoms with Crippen LogP contribution in [0.2, 0.25) is 0 Å². The van der Waals surface area contributed by atoms with Crippen LogP contribution in [0.5, 0.6) is 11.5 Å². The number of fused-ring (bicyclic) bond motifs is 1. The summed E-state index contributed by atoms with van der Waals surface area (Å²) in [7, 11) is 1.65. The highest BCUT2D eigenvalue weighted by Crippen LogP contribution is 2.39. The molecule has 1 atom stereocenters. The van der Waals surface area contributed by atoms with Gasteiger partial charge in [-0.2, -0.15) is 0 Å². The van der Waals surface area contributed by atoms with Gasteiger partial charge < -0.3 is 20.1 Å². The predicted molar refractivity (Wildman–Crippen MR) is 106 cm³/mol. The van der Waals surface area contributed by atoms with Gasteiger partial charge in [-0.3, -0.25) is 0 Å². The third kappa shape index (κ3) is 4.23. The first kappa shape index (κ1) is 17.5. The smallest absolute Gasteiger partial charge is 0.171 e.